The third-order valence-electron chi connectivity index (χ3n) is 7.50. The van der Waals surface area contributed by atoms with Crippen LogP contribution in [-0.4, -0.2) is 29.6 Å². The van der Waals surface area contributed by atoms with E-state index < -0.39 is 0 Å². The SMILES string of the molecule is CC(C)C12CCC(CN(C(c3ccccc3)(c3ccccc3)c3ccccc3)C1)N2. The van der Waals surface area contributed by atoms with Gasteiger partial charge in [0.2, 0.25) is 0 Å². The standard InChI is InChI=1S/C28H32N2/c1-22(2)27-19-18-26(29-27)20-30(21-27)28(23-12-6-3-7-13-23,24-14-8-4-9-15-24)25-16-10-5-11-17-25/h3-17,22,26,29H,18-21H2,1-2H3. The van der Waals surface area contributed by atoms with Crippen LogP contribution in [0.15, 0.2) is 91.0 Å². The quantitative estimate of drug-likeness (QED) is 0.578. The van der Waals surface area contributed by atoms with E-state index in [0.29, 0.717) is 12.0 Å². The van der Waals surface area contributed by atoms with Crippen molar-refractivity contribution in [2.45, 2.75) is 43.8 Å². The van der Waals surface area contributed by atoms with Crippen molar-refractivity contribution in [1.82, 2.24) is 10.2 Å². The van der Waals surface area contributed by atoms with Crippen LogP contribution in [0.5, 0.6) is 0 Å². The number of likely N-dealkylation sites (tertiary alicyclic amines) is 1. The fourth-order valence-electron chi connectivity index (χ4n) is 5.89. The Morgan fingerprint density at radius 3 is 1.70 bits per heavy atom. The number of benzene rings is 3. The Labute approximate surface area is 180 Å². The molecule has 2 nitrogen and oxygen atoms in total. The molecule has 5 rings (SSSR count). The lowest BCUT2D eigenvalue weighted by Gasteiger charge is -2.53. The van der Waals surface area contributed by atoms with Gasteiger partial charge in [-0.15, -0.1) is 0 Å². The zero-order valence-corrected chi connectivity index (χ0v) is 18.1. The van der Waals surface area contributed by atoms with Crippen LogP contribution in [0.2, 0.25) is 0 Å². The molecule has 0 radical (unpaired) electrons. The molecule has 2 aliphatic rings. The first-order valence-electron chi connectivity index (χ1n) is 11.3. The Morgan fingerprint density at radius 1 is 0.800 bits per heavy atom. The molecule has 30 heavy (non-hydrogen) atoms. The molecule has 0 aromatic heterocycles. The van der Waals surface area contributed by atoms with Crippen LogP contribution in [0.3, 0.4) is 0 Å². The molecule has 154 valence electrons. The van der Waals surface area contributed by atoms with Gasteiger partial charge in [0.1, 0.15) is 0 Å². The van der Waals surface area contributed by atoms with Crippen molar-refractivity contribution >= 4 is 0 Å². The van der Waals surface area contributed by atoms with E-state index in [1.165, 1.54) is 29.5 Å². The lowest BCUT2D eigenvalue weighted by atomic mass is 9.73. The average molecular weight is 397 g/mol. The number of rotatable bonds is 5. The predicted molar refractivity (Wildman–Crippen MR) is 125 cm³/mol. The van der Waals surface area contributed by atoms with Crippen LogP contribution in [0.25, 0.3) is 0 Å². The third-order valence-corrected chi connectivity index (χ3v) is 7.50. The van der Waals surface area contributed by atoms with Crippen molar-refractivity contribution in [1.29, 1.82) is 0 Å². The van der Waals surface area contributed by atoms with Gasteiger partial charge in [-0.25, -0.2) is 0 Å². The Balaban J connectivity index is 1.77. The minimum absolute atomic E-state index is 0.187. The molecule has 2 heterocycles. The Kier molecular flexibility index (Phi) is 5.00. The maximum absolute atomic E-state index is 4.02. The Morgan fingerprint density at radius 2 is 1.27 bits per heavy atom. The summed E-state index contributed by atoms with van der Waals surface area (Å²) >= 11 is 0. The van der Waals surface area contributed by atoms with Crippen LogP contribution < -0.4 is 5.32 Å². The third kappa shape index (κ3) is 3.02. The summed E-state index contributed by atoms with van der Waals surface area (Å²) in [6, 6.07) is 33.9. The van der Waals surface area contributed by atoms with Gasteiger partial charge in [-0.05, 0) is 35.4 Å². The summed E-state index contributed by atoms with van der Waals surface area (Å²) in [5.74, 6) is 0.602. The van der Waals surface area contributed by atoms with E-state index in [1.807, 2.05) is 0 Å². The van der Waals surface area contributed by atoms with Crippen LogP contribution in [-0.2, 0) is 5.54 Å². The molecule has 2 heteroatoms. The van der Waals surface area contributed by atoms with Gasteiger partial charge in [0.25, 0.3) is 0 Å². The summed E-state index contributed by atoms with van der Waals surface area (Å²) in [6.45, 7) is 6.88. The number of fused-ring (bicyclic) bond motifs is 2. The normalized spacial score (nSPS) is 24.3. The van der Waals surface area contributed by atoms with Crippen molar-refractivity contribution in [2.24, 2.45) is 5.92 Å². The molecule has 3 aromatic rings. The van der Waals surface area contributed by atoms with Crippen molar-refractivity contribution in [3.8, 4) is 0 Å². The highest BCUT2D eigenvalue weighted by Gasteiger charge is 2.53. The number of hydrogen-bond acceptors (Lipinski definition) is 2. The molecule has 0 spiro atoms. The van der Waals surface area contributed by atoms with Gasteiger partial charge in [-0.1, -0.05) is 105 Å². The van der Waals surface area contributed by atoms with Crippen LogP contribution in [0.1, 0.15) is 43.4 Å². The number of hydrogen-bond donors (Lipinski definition) is 1. The van der Waals surface area contributed by atoms with Gasteiger partial charge >= 0.3 is 0 Å². The summed E-state index contributed by atoms with van der Waals surface area (Å²) in [4.78, 5) is 2.78. The minimum atomic E-state index is -0.297. The topological polar surface area (TPSA) is 15.3 Å². The average Bonchev–Trinajstić information content (AvgIpc) is 3.12. The molecule has 2 aliphatic heterocycles. The summed E-state index contributed by atoms with van der Waals surface area (Å²) in [5, 5.41) is 4.02. The van der Waals surface area contributed by atoms with Crippen LogP contribution in [0.4, 0.5) is 0 Å². The van der Waals surface area contributed by atoms with E-state index in [4.69, 9.17) is 0 Å². The summed E-state index contributed by atoms with van der Waals surface area (Å²) in [6.07, 6.45) is 2.53. The Hall–Kier alpha value is -2.42. The maximum atomic E-state index is 4.02. The number of piperazine rings is 1. The van der Waals surface area contributed by atoms with Crippen LogP contribution in [0, 0.1) is 5.92 Å². The van der Waals surface area contributed by atoms with Gasteiger partial charge in [-0.3, -0.25) is 4.90 Å². The number of nitrogens with one attached hydrogen (secondary N) is 1. The summed E-state index contributed by atoms with van der Waals surface area (Å²) in [5.41, 5.74) is 3.94. The largest absolute Gasteiger partial charge is 0.306 e. The molecule has 3 aromatic carbocycles. The molecule has 2 unspecified atom stereocenters. The molecule has 0 amide bonds. The fourth-order valence-corrected chi connectivity index (χ4v) is 5.89. The second kappa shape index (κ2) is 7.68. The molecule has 0 saturated carbocycles. The maximum Gasteiger partial charge on any atom is 0.0974 e. The Bertz CT molecular complexity index is 871. The molecule has 1 N–H and O–H groups in total. The first-order valence-corrected chi connectivity index (χ1v) is 11.3. The first-order chi connectivity index (χ1) is 14.6. The molecule has 0 aliphatic carbocycles. The highest BCUT2D eigenvalue weighted by Crippen LogP contribution is 2.47. The molecule has 2 atom stereocenters. The van der Waals surface area contributed by atoms with E-state index in [1.54, 1.807) is 0 Å². The summed E-state index contributed by atoms with van der Waals surface area (Å²) < 4.78 is 0. The zero-order chi connectivity index (χ0) is 20.6. The molecular weight excluding hydrogens is 364 g/mol. The van der Waals surface area contributed by atoms with E-state index in [0.717, 1.165) is 13.1 Å². The predicted octanol–water partition coefficient (Wildman–Crippen LogP) is 5.44. The van der Waals surface area contributed by atoms with E-state index in [9.17, 15) is 0 Å². The smallest absolute Gasteiger partial charge is 0.0974 e. The van der Waals surface area contributed by atoms with Gasteiger partial charge in [0.05, 0.1) is 5.54 Å². The highest BCUT2D eigenvalue weighted by atomic mass is 15.3. The lowest BCUT2D eigenvalue weighted by molar-refractivity contribution is 0.0503. The van der Waals surface area contributed by atoms with Gasteiger partial charge in [0, 0.05) is 24.7 Å². The fraction of sp³-hybridized carbons (Fsp3) is 0.357. The lowest BCUT2D eigenvalue weighted by Crippen LogP contribution is -2.66. The molecule has 2 saturated heterocycles. The van der Waals surface area contributed by atoms with E-state index >= 15 is 0 Å². The van der Waals surface area contributed by atoms with Gasteiger partial charge in [0.15, 0.2) is 0 Å². The highest BCUT2D eigenvalue weighted by molar-refractivity contribution is 5.50. The minimum Gasteiger partial charge on any atom is -0.306 e. The first kappa shape index (κ1) is 19.5. The van der Waals surface area contributed by atoms with Crippen LogP contribution >= 0.6 is 0 Å². The summed E-state index contributed by atoms with van der Waals surface area (Å²) in [7, 11) is 0. The van der Waals surface area contributed by atoms with E-state index in [2.05, 4.69) is 115 Å². The van der Waals surface area contributed by atoms with Crippen molar-refractivity contribution in [3.63, 3.8) is 0 Å². The van der Waals surface area contributed by atoms with Crippen molar-refractivity contribution in [2.75, 3.05) is 13.1 Å². The molecular formula is C28H32N2. The number of nitrogens with zero attached hydrogens (tertiary/aromatic N) is 1. The molecule has 2 bridgehead atoms. The zero-order valence-electron chi connectivity index (χ0n) is 18.1. The monoisotopic (exact) mass is 396 g/mol. The van der Waals surface area contributed by atoms with Crippen molar-refractivity contribution < 1.29 is 0 Å². The second-order valence-electron chi connectivity index (χ2n) is 9.38. The second-order valence-corrected chi connectivity index (χ2v) is 9.38. The molecule has 2 fully saturated rings. The van der Waals surface area contributed by atoms with Gasteiger partial charge in [-0.2, -0.15) is 0 Å². The van der Waals surface area contributed by atoms with Gasteiger partial charge < -0.3 is 5.32 Å². The van der Waals surface area contributed by atoms with E-state index in [-0.39, 0.29) is 11.1 Å². The van der Waals surface area contributed by atoms with Crippen molar-refractivity contribution in [3.05, 3.63) is 108 Å².